The van der Waals surface area contributed by atoms with Crippen LogP contribution in [0.4, 0.5) is 5.69 Å². The van der Waals surface area contributed by atoms with Crippen LogP contribution in [-0.4, -0.2) is 24.9 Å². The average Bonchev–Trinajstić information content (AvgIpc) is 2.58. The highest BCUT2D eigenvalue weighted by atomic mass is 35.5. The number of amides is 1. The average molecular weight is 439 g/mol. The smallest absolute Gasteiger partial charge is 0.348 e. The minimum absolute atomic E-state index is 0.0101. The van der Waals surface area contributed by atoms with Crippen molar-refractivity contribution in [2.45, 2.75) is 52.6 Å². The highest BCUT2D eigenvalue weighted by molar-refractivity contribution is 7.87. The Morgan fingerprint density at radius 1 is 1.14 bits per heavy atom. The summed E-state index contributed by atoms with van der Waals surface area (Å²) in [6.45, 7) is 9.79. The van der Waals surface area contributed by atoms with Gasteiger partial charge in [-0.3, -0.25) is 9.35 Å². The van der Waals surface area contributed by atoms with E-state index in [0.717, 1.165) is 9.87 Å². The molecular weight excluding hydrogens is 412 g/mol. The van der Waals surface area contributed by atoms with Crippen LogP contribution in [0.5, 0.6) is 0 Å². The van der Waals surface area contributed by atoms with Crippen molar-refractivity contribution in [2.75, 3.05) is 4.31 Å². The van der Waals surface area contributed by atoms with E-state index in [0.29, 0.717) is 16.1 Å². The van der Waals surface area contributed by atoms with Gasteiger partial charge in [-0.1, -0.05) is 50.6 Å². The van der Waals surface area contributed by atoms with Crippen LogP contribution in [0.1, 0.15) is 56.1 Å². The number of hydrogen-bond donors (Lipinski definition) is 2. The monoisotopic (exact) mass is 438 g/mol. The Morgan fingerprint density at radius 3 is 2.17 bits per heavy atom. The summed E-state index contributed by atoms with van der Waals surface area (Å²) in [6, 6.07) is 11.6. The molecule has 0 saturated heterocycles. The molecule has 29 heavy (non-hydrogen) atoms. The summed E-state index contributed by atoms with van der Waals surface area (Å²) >= 11 is 6.27. The normalized spacial score (nSPS) is 12.1. The van der Waals surface area contributed by atoms with Gasteiger partial charge in [0.2, 0.25) is 0 Å². The lowest BCUT2D eigenvalue weighted by atomic mass is 9.87. The number of hydrogen-bond acceptors (Lipinski definition) is 3. The number of halogens is 1. The summed E-state index contributed by atoms with van der Waals surface area (Å²) < 4.78 is 33.5. The van der Waals surface area contributed by atoms with Gasteiger partial charge in [-0.25, -0.2) is 4.31 Å². The van der Waals surface area contributed by atoms with Crippen LogP contribution in [0.2, 0.25) is 5.02 Å². The van der Waals surface area contributed by atoms with Gasteiger partial charge in [-0.05, 0) is 54.7 Å². The van der Waals surface area contributed by atoms with Gasteiger partial charge in [-0.15, -0.1) is 0 Å². The fourth-order valence-corrected chi connectivity index (χ4v) is 4.07. The topological polar surface area (TPSA) is 86.7 Å². The van der Waals surface area contributed by atoms with Gasteiger partial charge >= 0.3 is 10.3 Å². The van der Waals surface area contributed by atoms with Crippen molar-refractivity contribution in [3.63, 3.8) is 0 Å². The van der Waals surface area contributed by atoms with Crippen LogP contribution in [0.3, 0.4) is 0 Å². The summed E-state index contributed by atoms with van der Waals surface area (Å²) in [5.41, 5.74) is 2.58. The summed E-state index contributed by atoms with van der Waals surface area (Å²) in [5, 5.41) is 3.10. The van der Waals surface area contributed by atoms with Gasteiger partial charge in [0, 0.05) is 23.2 Å². The zero-order valence-corrected chi connectivity index (χ0v) is 18.8. The number of carbonyl (C=O) groups excluding carboxylic acids is 1. The van der Waals surface area contributed by atoms with Crippen molar-refractivity contribution in [3.8, 4) is 0 Å². The van der Waals surface area contributed by atoms with Crippen molar-refractivity contribution >= 4 is 33.5 Å². The third-order valence-corrected chi connectivity index (χ3v) is 5.94. The van der Waals surface area contributed by atoms with Crippen molar-refractivity contribution in [2.24, 2.45) is 0 Å². The van der Waals surface area contributed by atoms with Gasteiger partial charge in [0.15, 0.2) is 0 Å². The summed E-state index contributed by atoms with van der Waals surface area (Å²) in [4.78, 5) is 12.4. The van der Waals surface area contributed by atoms with E-state index >= 15 is 0 Å². The van der Waals surface area contributed by atoms with Crippen LogP contribution < -0.4 is 9.62 Å². The van der Waals surface area contributed by atoms with Crippen LogP contribution in [-0.2, 0) is 22.3 Å². The molecule has 8 heteroatoms. The molecule has 0 fully saturated rings. The van der Waals surface area contributed by atoms with E-state index in [1.807, 2.05) is 12.1 Å². The quantitative estimate of drug-likeness (QED) is 0.646. The third kappa shape index (κ3) is 5.95. The molecule has 0 saturated carbocycles. The lowest BCUT2D eigenvalue weighted by molar-refractivity contribution is 0.0951. The largest absolute Gasteiger partial charge is 0.360 e. The molecule has 6 nitrogen and oxygen atoms in total. The number of carbonyl (C=O) groups is 1. The fraction of sp³-hybridized carbons (Fsp3) is 0.381. The fourth-order valence-electron chi connectivity index (χ4n) is 2.91. The van der Waals surface area contributed by atoms with Crippen molar-refractivity contribution in [3.05, 3.63) is 64.2 Å². The Morgan fingerprint density at radius 2 is 1.72 bits per heavy atom. The van der Waals surface area contributed by atoms with Gasteiger partial charge in [0.25, 0.3) is 5.91 Å². The first kappa shape index (κ1) is 23.2. The van der Waals surface area contributed by atoms with Gasteiger partial charge < -0.3 is 5.32 Å². The summed E-state index contributed by atoms with van der Waals surface area (Å²) in [6.07, 6.45) is 0. The maximum absolute atomic E-state index is 12.4. The first-order chi connectivity index (χ1) is 13.3. The first-order valence-electron chi connectivity index (χ1n) is 9.24. The molecule has 1 amide bonds. The molecule has 0 aliphatic carbocycles. The Hall–Kier alpha value is -2.09. The predicted molar refractivity (Wildman–Crippen MR) is 117 cm³/mol. The first-order valence-corrected chi connectivity index (χ1v) is 11.0. The van der Waals surface area contributed by atoms with Crippen LogP contribution in [0, 0.1) is 0 Å². The van der Waals surface area contributed by atoms with E-state index in [1.54, 1.807) is 38.1 Å². The number of anilines is 1. The predicted octanol–water partition coefficient (Wildman–Crippen LogP) is 4.59. The van der Waals surface area contributed by atoms with E-state index < -0.39 is 16.3 Å². The molecule has 0 spiro atoms. The number of nitrogens with one attached hydrogen (secondary N) is 1. The molecule has 2 aromatic carbocycles. The SMILES string of the molecule is CC(C)N(c1ccc(CNC(=O)c2ccc(C(C)(C)C)cc2)c(Cl)c1)S(=O)(=O)O. The second kappa shape index (κ2) is 8.73. The Bertz CT molecular complexity index is 981. The highest BCUT2D eigenvalue weighted by Crippen LogP contribution is 2.27. The standard InChI is InChI=1S/C21H27ClN2O4S/c1-14(2)24(29(26,27)28)18-11-8-16(19(22)12-18)13-23-20(25)15-6-9-17(10-7-15)21(3,4)5/h6-12,14H,13H2,1-5H3,(H,23,25)(H,26,27,28). The van der Waals surface area contributed by atoms with E-state index in [-0.39, 0.29) is 23.6 Å². The van der Waals surface area contributed by atoms with Crippen molar-refractivity contribution < 1.29 is 17.8 Å². The van der Waals surface area contributed by atoms with Crippen LogP contribution >= 0.6 is 11.6 Å². The van der Waals surface area contributed by atoms with Crippen molar-refractivity contribution in [1.29, 1.82) is 0 Å². The van der Waals surface area contributed by atoms with E-state index in [9.17, 15) is 17.8 Å². The van der Waals surface area contributed by atoms with Crippen molar-refractivity contribution in [1.82, 2.24) is 5.32 Å². The zero-order chi connectivity index (χ0) is 22.0. The molecular formula is C21H27ClN2O4S. The minimum Gasteiger partial charge on any atom is -0.348 e. The highest BCUT2D eigenvalue weighted by Gasteiger charge is 2.23. The lowest BCUT2D eigenvalue weighted by Gasteiger charge is -2.25. The molecule has 0 bridgehead atoms. The molecule has 0 radical (unpaired) electrons. The van der Waals surface area contributed by atoms with E-state index in [2.05, 4.69) is 26.1 Å². The van der Waals surface area contributed by atoms with Crippen LogP contribution in [0.15, 0.2) is 42.5 Å². The van der Waals surface area contributed by atoms with E-state index in [1.165, 1.54) is 6.07 Å². The van der Waals surface area contributed by atoms with Crippen LogP contribution in [0.25, 0.3) is 0 Å². The molecule has 0 aliphatic rings. The Labute approximate surface area is 177 Å². The second-order valence-electron chi connectivity index (χ2n) is 8.15. The maximum Gasteiger partial charge on any atom is 0.360 e. The zero-order valence-electron chi connectivity index (χ0n) is 17.2. The lowest BCUT2D eigenvalue weighted by Crippen LogP contribution is -2.36. The van der Waals surface area contributed by atoms with Gasteiger partial charge in [0.05, 0.1) is 5.69 Å². The Kier molecular flexibility index (Phi) is 6.98. The number of rotatable bonds is 6. The number of benzene rings is 2. The molecule has 2 rings (SSSR count). The molecule has 2 N–H and O–H groups in total. The Balaban J connectivity index is 2.12. The molecule has 0 unspecified atom stereocenters. The molecule has 2 aromatic rings. The molecule has 158 valence electrons. The molecule has 0 heterocycles. The summed E-state index contributed by atoms with van der Waals surface area (Å²) in [5.74, 6) is -0.229. The van der Waals surface area contributed by atoms with E-state index in [4.69, 9.17) is 11.6 Å². The van der Waals surface area contributed by atoms with Gasteiger partial charge in [-0.2, -0.15) is 8.42 Å². The minimum atomic E-state index is -4.42. The van der Waals surface area contributed by atoms with Gasteiger partial charge in [0.1, 0.15) is 0 Å². The molecule has 0 atom stereocenters. The number of nitrogens with zero attached hydrogens (tertiary/aromatic N) is 1. The molecule has 0 aliphatic heterocycles. The maximum atomic E-state index is 12.4. The summed E-state index contributed by atoms with van der Waals surface area (Å²) in [7, 11) is -4.42. The second-order valence-corrected chi connectivity index (χ2v) is 9.85. The molecule has 0 aromatic heterocycles. The third-order valence-electron chi connectivity index (χ3n) is 4.46.